The van der Waals surface area contributed by atoms with E-state index in [0.29, 0.717) is 6.54 Å². The molecule has 19 heavy (non-hydrogen) atoms. The minimum atomic E-state index is 0. The van der Waals surface area contributed by atoms with Gasteiger partial charge in [-0.1, -0.05) is 13.3 Å². The van der Waals surface area contributed by atoms with Crippen LogP contribution in [0.25, 0.3) is 10.9 Å². The van der Waals surface area contributed by atoms with Gasteiger partial charge in [-0.05, 0) is 43.1 Å². The van der Waals surface area contributed by atoms with Crippen LogP contribution in [0.4, 0.5) is 0 Å². The average Bonchev–Trinajstić information content (AvgIpc) is 2.73. The number of ether oxygens (including phenoxy) is 1. The molecule has 0 radical (unpaired) electrons. The smallest absolute Gasteiger partial charge is 1.00 e. The zero-order chi connectivity index (χ0) is 12.1. The fraction of sp³-hybridized carbons (Fsp3) is 0.429. The number of hydrogen-bond acceptors (Lipinski definition) is 2. The van der Waals surface area contributed by atoms with Crippen LogP contribution < -0.4 is 61.9 Å². The Bertz CT molecular complexity index is 493. The number of nitrogens with two attached hydrogens (primary N) is 1. The van der Waals surface area contributed by atoms with Crippen LogP contribution in [0.3, 0.4) is 0 Å². The molecule has 0 atom stereocenters. The summed E-state index contributed by atoms with van der Waals surface area (Å²) in [6.07, 6.45) is 5.19. The van der Waals surface area contributed by atoms with Crippen LogP contribution in [0, 0.1) is 0 Å². The third kappa shape index (κ3) is 5.38. The first-order valence-electron chi connectivity index (χ1n) is 6.28. The zero-order valence-electron chi connectivity index (χ0n) is 12.7. The number of nitrogens with one attached hydrogen (secondary N) is 1. The van der Waals surface area contributed by atoms with Crippen LogP contribution in [-0.4, -0.2) is 18.1 Å². The maximum Gasteiger partial charge on any atom is 1.00 e. The van der Waals surface area contributed by atoms with Gasteiger partial charge in [-0.3, -0.25) is 0 Å². The van der Waals surface area contributed by atoms with E-state index >= 15 is 0 Å². The Hall–Kier alpha value is 0.446. The minimum Gasteiger partial charge on any atom is -1.00 e. The Labute approximate surface area is 165 Å². The molecule has 3 N–H and O–H groups in total. The Morgan fingerprint density at radius 1 is 1.37 bits per heavy atom. The van der Waals surface area contributed by atoms with Crippen molar-refractivity contribution in [1.82, 2.24) is 4.98 Å². The summed E-state index contributed by atoms with van der Waals surface area (Å²) in [5.41, 5.74) is 8.02. The van der Waals surface area contributed by atoms with Gasteiger partial charge in [0, 0.05) is 17.1 Å². The van der Waals surface area contributed by atoms with Gasteiger partial charge in [0.15, 0.2) is 0 Å². The molecule has 1 heterocycles. The summed E-state index contributed by atoms with van der Waals surface area (Å²) in [6, 6.07) is 6.18. The molecule has 0 saturated heterocycles. The summed E-state index contributed by atoms with van der Waals surface area (Å²) >= 11 is 0. The fourth-order valence-electron chi connectivity index (χ4n) is 1.94. The molecular formula is C14H22ClKN2O. The quantitative estimate of drug-likeness (QED) is 0.599. The molecule has 0 saturated carbocycles. The summed E-state index contributed by atoms with van der Waals surface area (Å²) in [5.74, 6) is 0.948. The van der Waals surface area contributed by atoms with Gasteiger partial charge < -0.3 is 16.9 Å². The van der Waals surface area contributed by atoms with Crippen molar-refractivity contribution in [2.45, 2.75) is 26.2 Å². The number of H-pyrrole nitrogens is 1. The van der Waals surface area contributed by atoms with Gasteiger partial charge in [0.1, 0.15) is 5.75 Å². The topological polar surface area (TPSA) is 51.0 Å². The number of rotatable bonds is 6. The predicted octanol–water partition coefficient (Wildman–Crippen LogP) is 0.386. The molecule has 0 spiro atoms. The van der Waals surface area contributed by atoms with E-state index in [-0.39, 0.29) is 65.2 Å². The largest absolute Gasteiger partial charge is 1.00 e. The van der Waals surface area contributed by atoms with Crippen molar-refractivity contribution in [3.8, 4) is 5.75 Å². The number of halogens is 1. The summed E-state index contributed by atoms with van der Waals surface area (Å²) in [4.78, 5) is 3.26. The number of hydrogen-bond donors (Lipinski definition) is 2. The summed E-state index contributed by atoms with van der Waals surface area (Å²) in [6.45, 7) is 3.63. The first-order chi connectivity index (χ1) is 8.35. The van der Waals surface area contributed by atoms with Crippen molar-refractivity contribution in [1.29, 1.82) is 0 Å². The van der Waals surface area contributed by atoms with Gasteiger partial charge >= 0.3 is 51.4 Å². The van der Waals surface area contributed by atoms with E-state index in [2.05, 4.69) is 24.0 Å². The van der Waals surface area contributed by atoms with Gasteiger partial charge in [-0.25, -0.2) is 0 Å². The van der Waals surface area contributed by atoms with Crippen LogP contribution in [-0.2, 0) is 6.42 Å². The molecule has 0 aliphatic heterocycles. The van der Waals surface area contributed by atoms with Crippen LogP contribution in [0.2, 0.25) is 0 Å². The maximum absolute atomic E-state index is 5.71. The van der Waals surface area contributed by atoms with Crippen molar-refractivity contribution in [2.75, 3.05) is 13.2 Å². The normalized spacial score (nSPS) is 9.79. The molecule has 0 aliphatic carbocycles. The third-order valence-electron chi connectivity index (χ3n) is 2.92. The van der Waals surface area contributed by atoms with Crippen molar-refractivity contribution in [3.05, 3.63) is 30.0 Å². The Balaban J connectivity index is 0. The molecule has 1 aromatic carbocycles. The number of unbranched alkanes of at least 4 members (excludes halogenated alkanes) is 1. The second-order valence-corrected chi connectivity index (χ2v) is 4.26. The van der Waals surface area contributed by atoms with Crippen LogP contribution >= 0.6 is 12.4 Å². The molecule has 0 fully saturated rings. The van der Waals surface area contributed by atoms with E-state index < -0.39 is 0 Å². The number of aromatic amines is 1. The van der Waals surface area contributed by atoms with Crippen molar-refractivity contribution < 1.29 is 57.5 Å². The summed E-state index contributed by atoms with van der Waals surface area (Å²) in [5, 5.41) is 1.23. The molecule has 0 bridgehead atoms. The van der Waals surface area contributed by atoms with Crippen molar-refractivity contribution >= 4 is 23.3 Å². The molecule has 2 rings (SSSR count). The number of fused-ring (bicyclic) bond motifs is 1. The van der Waals surface area contributed by atoms with Gasteiger partial charge in [0.25, 0.3) is 0 Å². The predicted molar refractivity (Wildman–Crippen MR) is 79.8 cm³/mol. The SMILES string of the molecule is CCCCOc1ccc2[nH]cc(CCN)c2c1.Cl.[2H-].[K+]. The second kappa shape index (κ2) is 10.2. The molecule has 5 heteroatoms. The monoisotopic (exact) mass is 309 g/mol. The fourth-order valence-corrected chi connectivity index (χ4v) is 1.94. The van der Waals surface area contributed by atoms with E-state index in [1.54, 1.807) is 0 Å². The molecule has 2 aromatic rings. The van der Waals surface area contributed by atoms with E-state index in [9.17, 15) is 0 Å². The van der Waals surface area contributed by atoms with Gasteiger partial charge in [-0.15, -0.1) is 12.4 Å². The van der Waals surface area contributed by atoms with E-state index in [4.69, 9.17) is 10.5 Å². The molecule has 1 aromatic heterocycles. The third-order valence-corrected chi connectivity index (χ3v) is 2.92. The summed E-state index contributed by atoms with van der Waals surface area (Å²) < 4.78 is 5.71. The Morgan fingerprint density at radius 2 is 2.16 bits per heavy atom. The first kappa shape index (κ1) is 19.4. The van der Waals surface area contributed by atoms with Gasteiger partial charge in [0.05, 0.1) is 6.61 Å². The van der Waals surface area contributed by atoms with E-state index in [1.807, 2.05) is 12.3 Å². The molecule has 3 nitrogen and oxygen atoms in total. The van der Waals surface area contributed by atoms with Crippen LogP contribution in [0.15, 0.2) is 24.4 Å². The maximum atomic E-state index is 5.71. The molecule has 0 aliphatic rings. The van der Waals surface area contributed by atoms with E-state index in [0.717, 1.165) is 37.1 Å². The molecule has 0 unspecified atom stereocenters. The zero-order valence-corrected chi connectivity index (χ0v) is 15.7. The first-order valence-corrected chi connectivity index (χ1v) is 6.28. The van der Waals surface area contributed by atoms with Crippen molar-refractivity contribution in [3.63, 3.8) is 0 Å². The summed E-state index contributed by atoms with van der Waals surface area (Å²) in [7, 11) is 0. The molecule has 0 amide bonds. The van der Waals surface area contributed by atoms with Crippen LogP contribution in [0.1, 0.15) is 26.8 Å². The number of aromatic nitrogens is 1. The Morgan fingerprint density at radius 3 is 2.84 bits per heavy atom. The van der Waals surface area contributed by atoms with Crippen molar-refractivity contribution in [2.24, 2.45) is 5.73 Å². The Kier molecular flexibility index (Phi) is 10.5. The van der Waals surface area contributed by atoms with Gasteiger partial charge in [-0.2, -0.15) is 0 Å². The standard InChI is InChI=1S/C14H20N2O.ClH.K.H/c1-2-3-8-17-12-4-5-14-13(9-12)11(6-7-15)10-16-14;;;/h4-5,9-10,16H,2-3,6-8,15H2,1H3;1H;;/q;;+1;-1/i;;;1+1. The van der Waals surface area contributed by atoms with Crippen LogP contribution in [0.5, 0.6) is 5.75 Å². The van der Waals surface area contributed by atoms with Gasteiger partial charge in [0.2, 0.25) is 0 Å². The molecule has 102 valence electrons. The van der Waals surface area contributed by atoms with E-state index in [1.165, 1.54) is 10.9 Å². The number of benzene rings is 1. The minimum absolute atomic E-state index is 0. The second-order valence-electron chi connectivity index (χ2n) is 4.26. The molecular weight excluding hydrogens is 287 g/mol. The average molecular weight is 310 g/mol.